The summed E-state index contributed by atoms with van der Waals surface area (Å²) in [7, 11) is 0. The molecule has 3 heterocycles. The molecule has 9 nitrogen and oxygen atoms in total. The van der Waals surface area contributed by atoms with Crippen molar-refractivity contribution in [3.05, 3.63) is 41.9 Å². The number of fused-ring (bicyclic) bond motifs is 1. The minimum atomic E-state index is -1.68. The fourth-order valence-corrected chi connectivity index (χ4v) is 2.84. The van der Waals surface area contributed by atoms with Crippen LogP contribution in [-0.2, 0) is 0 Å². The molecule has 2 unspecified atom stereocenters. The Morgan fingerprint density at radius 1 is 1.31 bits per heavy atom. The molecule has 0 fully saturated rings. The molecule has 32 heavy (non-hydrogen) atoms. The Bertz CT molecular complexity index is 1170. The second-order valence-electron chi connectivity index (χ2n) is 7.92. The summed E-state index contributed by atoms with van der Waals surface area (Å²) >= 11 is 0. The number of imidazole rings is 1. The van der Waals surface area contributed by atoms with Gasteiger partial charge < -0.3 is 15.7 Å². The maximum absolute atomic E-state index is 14.0. The molecule has 0 radical (unpaired) electrons. The standard InChI is InChI=1S/C21H23F2N7O2/c1-12(6-22)29-15-5-16(17-10-26-19-4-13(7-24)8-28-30(17)19)25-9-14(15)20(31)27-11-18(23)21(2,3)32/h4-5,8-10,12,18,32H,6,11H2,1-3H3,(H,25,29)(H,27,31). The van der Waals surface area contributed by atoms with Gasteiger partial charge in [-0.1, -0.05) is 0 Å². The van der Waals surface area contributed by atoms with Gasteiger partial charge in [-0.2, -0.15) is 10.4 Å². The van der Waals surface area contributed by atoms with Crippen LogP contribution < -0.4 is 10.6 Å². The van der Waals surface area contributed by atoms with E-state index in [1.807, 2.05) is 6.07 Å². The topological polar surface area (TPSA) is 128 Å². The lowest BCUT2D eigenvalue weighted by Gasteiger charge is -2.23. The quantitative estimate of drug-likeness (QED) is 0.487. The Balaban J connectivity index is 1.95. The summed E-state index contributed by atoms with van der Waals surface area (Å²) in [5, 5.41) is 28.3. The Labute approximate surface area is 183 Å². The van der Waals surface area contributed by atoms with Gasteiger partial charge in [-0.15, -0.1) is 0 Å². The van der Waals surface area contributed by atoms with Crippen LogP contribution in [0.5, 0.6) is 0 Å². The smallest absolute Gasteiger partial charge is 0.255 e. The minimum Gasteiger partial charge on any atom is -0.387 e. The van der Waals surface area contributed by atoms with E-state index in [2.05, 4.69) is 25.7 Å². The molecule has 0 bridgehead atoms. The van der Waals surface area contributed by atoms with E-state index in [0.29, 0.717) is 28.3 Å². The molecule has 1 amide bonds. The third-order valence-corrected chi connectivity index (χ3v) is 4.74. The van der Waals surface area contributed by atoms with E-state index in [1.165, 1.54) is 37.0 Å². The Kier molecular flexibility index (Phi) is 6.64. The monoisotopic (exact) mass is 443 g/mol. The predicted molar refractivity (Wildman–Crippen MR) is 114 cm³/mol. The highest BCUT2D eigenvalue weighted by atomic mass is 19.1. The molecule has 11 heteroatoms. The minimum absolute atomic E-state index is 0.0885. The molecular weight excluding hydrogens is 420 g/mol. The van der Waals surface area contributed by atoms with Crippen molar-refractivity contribution in [2.45, 2.75) is 38.6 Å². The zero-order valence-electron chi connectivity index (χ0n) is 17.8. The average molecular weight is 443 g/mol. The van der Waals surface area contributed by atoms with Gasteiger partial charge in [0.1, 0.15) is 24.6 Å². The summed E-state index contributed by atoms with van der Waals surface area (Å²) in [6, 6.07) is 4.51. The number of carbonyl (C=O) groups excluding carboxylic acids is 1. The zero-order chi connectivity index (χ0) is 23.5. The summed E-state index contributed by atoms with van der Waals surface area (Å²) in [4.78, 5) is 21.2. The number of hydrogen-bond donors (Lipinski definition) is 3. The van der Waals surface area contributed by atoms with Crippen molar-refractivity contribution in [1.29, 1.82) is 5.26 Å². The molecule has 0 saturated heterocycles. The molecule has 2 atom stereocenters. The lowest BCUT2D eigenvalue weighted by atomic mass is 10.0. The predicted octanol–water partition coefficient (Wildman–Crippen LogP) is 2.27. The number of carbonyl (C=O) groups is 1. The van der Waals surface area contributed by atoms with Crippen molar-refractivity contribution in [3.63, 3.8) is 0 Å². The van der Waals surface area contributed by atoms with Crippen LogP contribution >= 0.6 is 0 Å². The van der Waals surface area contributed by atoms with E-state index in [4.69, 9.17) is 5.26 Å². The van der Waals surface area contributed by atoms with E-state index >= 15 is 0 Å². The van der Waals surface area contributed by atoms with E-state index in [0.717, 1.165) is 0 Å². The van der Waals surface area contributed by atoms with Crippen molar-refractivity contribution < 1.29 is 18.7 Å². The zero-order valence-corrected chi connectivity index (χ0v) is 17.8. The van der Waals surface area contributed by atoms with Crippen LogP contribution in [0.3, 0.4) is 0 Å². The van der Waals surface area contributed by atoms with Crippen LogP contribution in [0.15, 0.2) is 30.7 Å². The molecule has 3 N–H and O–H groups in total. The first-order chi connectivity index (χ1) is 15.1. The lowest BCUT2D eigenvalue weighted by molar-refractivity contribution is -0.00177. The van der Waals surface area contributed by atoms with Crippen molar-refractivity contribution in [3.8, 4) is 17.5 Å². The van der Waals surface area contributed by atoms with Crippen LogP contribution in [-0.4, -0.2) is 61.6 Å². The highest BCUT2D eigenvalue weighted by Gasteiger charge is 2.27. The second kappa shape index (κ2) is 9.23. The number of aliphatic hydroxyl groups is 1. The maximum atomic E-state index is 14.0. The molecule has 0 saturated carbocycles. The second-order valence-corrected chi connectivity index (χ2v) is 7.92. The molecule has 0 aromatic carbocycles. The number of amides is 1. The number of hydrogen-bond acceptors (Lipinski definition) is 7. The van der Waals surface area contributed by atoms with Crippen molar-refractivity contribution in [2.24, 2.45) is 0 Å². The first kappa shape index (κ1) is 23.0. The van der Waals surface area contributed by atoms with E-state index in [9.17, 15) is 18.7 Å². The Morgan fingerprint density at radius 3 is 2.72 bits per heavy atom. The SMILES string of the molecule is CC(CF)Nc1cc(-c2cnc3cc(C#N)cnn23)ncc1C(=O)NCC(F)C(C)(C)O. The molecule has 3 aromatic heterocycles. The van der Waals surface area contributed by atoms with Crippen molar-refractivity contribution in [1.82, 2.24) is 24.9 Å². The van der Waals surface area contributed by atoms with Crippen LogP contribution in [0.4, 0.5) is 14.5 Å². The number of rotatable bonds is 8. The molecule has 0 spiro atoms. The number of alkyl halides is 2. The molecule has 0 aliphatic heterocycles. The summed E-state index contributed by atoms with van der Waals surface area (Å²) in [5.74, 6) is -0.626. The highest BCUT2D eigenvalue weighted by Crippen LogP contribution is 2.25. The molecule has 3 rings (SSSR count). The summed E-state index contributed by atoms with van der Waals surface area (Å²) in [6.07, 6.45) is 2.52. The number of pyridine rings is 1. The Hall–Kier alpha value is -3.65. The van der Waals surface area contributed by atoms with Crippen LogP contribution in [0.25, 0.3) is 17.0 Å². The number of halogens is 2. The van der Waals surface area contributed by atoms with Gasteiger partial charge in [0.15, 0.2) is 5.65 Å². The van der Waals surface area contributed by atoms with Gasteiger partial charge >= 0.3 is 0 Å². The van der Waals surface area contributed by atoms with E-state index < -0.39 is 36.9 Å². The first-order valence-electron chi connectivity index (χ1n) is 9.85. The number of anilines is 1. The number of nitrogens with zero attached hydrogens (tertiary/aromatic N) is 5. The number of nitriles is 1. The van der Waals surface area contributed by atoms with Crippen LogP contribution in [0, 0.1) is 11.3 Å². The van der Waals surface area contributed by atoms with Gasteiger partial charge in [-0.25, -0.2) is 18.3 Å². The van der Waals surface area contributed by atoms with E-state index in [-0.39, 0.29) is 5.56 Å². The summed E-state index contributed by atoms with van der Waals surface area (Å²) in [6.45, 7) is 3.13. The Morgan fingerprint density at radius 2 is 2.06 bits per heavy atom. The van der Waals surface area contributed by atoms with E-state index in [1.54, 1.807) is 19.1 Å². The molecule has 0 aliphatic rings. The van der Waals surface area contributed by atoms with Crippen molar-refractivity contribution >= 4 is 17.2 Å². The van der Waals surface area contributed by atoms with Crippen LogP contribution in [0.1, 0.15) is 36.7 Å². The van der Waals surface area contributed by atoms with Gasteiger partial charge in [0.25, 0.3) is 5.91 Å². The normalized spacial score (nSPS) is 13.4. The fourth-order valence-electron chi connectivity index (χ4n) is 2.84. The highest BCUT2D eigenvalue weighted by molar-refractivity contribution is 6.00. The number of nitrogens with one attached hydrogen (secondary N) is 2. The van der Waals surface area contributed by atoms with Crippen LogP contribution in [0.2, 0.25) is 0 Å². The average Bonchev–Trinajstić information content (AvgIpc) is 3.19. The molecular formula is C21H23F2N7O2. The van der Waals surface area contributed by atoms with Gasteiger partial charge in [0, 0.05) is 12.3 Å². The lowest BCUT2D eigenvalue weighted by Crippen LogP contribution is -2.42. The first-order valence-corrected chi connectivity index (χ1v) is 9.85. The van der Waals surface area contributed by atoms with Gasteiger partial charge in [0.05, 0.1) is 53.1 Å². The van der Waals surface area contributed by atoms with Gasteiger partial charge in [-0.05, 0) is 26.8 Å². The summed E-state index contributed by atoms with van der Waals surface area (Å²) < 4.78 is 28.6. The molecule has 168 valence electrons. The molecule has 3 aromatic rings. The third kappa shape index (κ3) is 4.97. The summed E-state index contributed by atoms with van der Waals surface area (Å²) in [5.41, 5.74) is 0.463. The largest absolute Gasteiger partial charge is 0.387 e. The van der Waals surface area contributed by atoms with Gasteiger partial charge in [0.2, 0.25) is 0 Å². The number of aromatic nitrogens is 4. The van der Waals surface area contributed by atoms with Crippen molar-refractivity contribution in [2.75, 3.05) is 18.5 Å². The van der Waals surface area contributed by atoms with Gasteiger partial charge in [-0.3, -0.25) is 9.78 Å². The third-order valence-electron chi connectivity index (χ3n) is 4.74. The fraction of sp³-hybridized carbons (Fsp3) is 0.381. The molecule has 0 aliphatic carbocycles. The maximum Gasteiger partial charge on any atom is 0.255 e.